The summed E-state index contributed by atoms with van der Waals surface area (Å²) in [6.07, 6.45) is 0. The zero-order valence-electron chi connectivity index (χ0n) is 5.80. The summed E-state index contributed by atoms with van der Waals surface area (Å²) >= 11 is -2.16. The van der Waals surface area contributed by atoms with Gasteiger partial charge >= 0.3 is 5.69 Å². The highest BCUT2D eigenvalue weighted by Gasteiger charge is 2.09. The van der Waals surface area contributed by atoms with E-state index in [9.17, 15) is 9.32 Å². The molecule has 0 radical (unpaired) electrons. The van der Waals surface area contributed by atoms with Gasteiger partial charge in [0.2, 0.25) is 5.39 Å². The number of nitrogens with zero attached hydrogens (tertiary/aromatic N) is 2. The minimum Gasteiger partial charge on any atom is -0.867 e. The molecule has 1 aromatic rings. The van der Waals surface area contributed by atoms with Gasteiger partial charge in [-0.05, 0) is 11.8 Å². The first-order chi connectivity index (χ1) is 5.65. The van der Waals surface area contributed by atoms with Crippen LogP contribution in [0.4, 0.5) is 5.69 Å². The molecule has 1 atom stereocenters. The van der Waals surface area contributed by atoms with E-state index in [0.29, 0.717) is 0 Å². The van der Waals surface area contributed by atoms with E-state index in [1.54, 1.807) is 0 Å². The van der Waals surface area contributed by atoms with Crippen LogP contribution < -0.4 is 5.11 Å². The van der Waals surface area contributed by atoms with E-state index in [2.05, 4.69) is 4.98 Å². The molecule has 1 N–H and O–H groups in total. The minimum absolute atomic E-state index is 0.0300. The second-order valence-electron chi connectivity index (χ2n) is 1.98. The van der Waals surface area contributed by atoms with Gasteiger partial charge in [-0.3, -0.25) is 0 Å². The van der Waals surface area contributed by atoms with Gasteiger partial charge in [0.05, 0.1) is 11.0 Å². The monoisotopic (exact) mass is 184 g/mol. The molecule has 0 bridgehead atoms. The summed E-state index contributed by atoms with van der Waals surface area (Å²) < 4.78 is 19.0. The van der Waals surface area contributed by atoms with E-state index in [0.717, 1.165) is 12.1 Å². The van der Waals surface area contributed by atoms with Crippen LogP contribution in [-0.4, -0.2) is 8.76 Å². The van der Waals surface area contributed by atoms with E-state index in [1.807, 2.05) is 0 Å². The second kappa shape index (κ2) is 3.30. The van der Waals surface area contributed by atoms with Crippen molar-refractivity contribution < 1.29 is 13.9 Å². The Morgan fingerprint density at radius 3 is 2.75 bits per heavy atom. The fourth-order valence-electron chi connectivity index (χ4n) is 0.684. The number of hydrogen-bond donors (Lipinski definition) is 1. The van der Waals surface area contributed by atoms with Gasteiger partial charge < -0.3 is 9.66 Å². The largest absolute Gasteiger partial charge is 0.867 e. The third-order valence-electron chi connectivity index (χ3n) is 1.24. The van der Waals surface area contributed by atoms with Crippen molar-refractivity contribution in [3.8, 4) is 5.75 Å². The smallest absolute Gasteiger partial charge is 0.378 e. The van der Waals surface area contributed by atoms with Crippen molar-refractivity contribution in [1.29, 1.82) is 5.39 Å². The van der Waals surface area contributed by atoms with Crippen LogP contribution in [0.1, 0.15) is 0 Å². The topological polar surface area (TPSA) is 88.5 Å². The molecule has 0 aliphatic rings. The molecule has 0 spiro atoms. The van der Waals surface area contributed by atoms with Crippen LogP contribution in [0.3, 0.4) is 0 Å². The molecule has 6 heteroatoms. The summed E-state index contributed by atoms with van der Waals surface area (Å²) in [5.74, 6) is -0.494. The standard InChI is InChI=1S/C6H4N2O3S/c7-8-5-3-4(12(10)11)1-2-6(5)9/h1-3H,(H-,9,10,11). The molecule has 62 valence electrons. The summed E-state index contributed by atoms with van der Waals surface area (Å²) in [4.78, 5) is 2.69. The molecule has 1 rings (SSSR count). The Bertz CT molecular complexity index is 372. The Morgan fingerprint density at radius 1 is 1.58 bits per heavy atom. The van der Waals surface area contributed by atoms with E-state index in [4.69, 9.17) is 9.95 Å². The third-order valence-corrected chi connectivity index (χ3v) is 1.90. The fraction of sp³-hybridized carbons (Fsp3) is 0. The van der Waals surface area contributed by atoms with Gasteiger partial charge in [-0.1, -0.05) is 6.07 Å². The second-order valence-corrected chi connectivity index (χ2v) is 2.95. The fourth-order valence-corrected chi connectivity index (χ4v) is 1.08. The van der Waals surface area contributed by atoms with Crippen LogP contribution in [0.25, 0.3) is 4.98 Å². The van der Waals surface area contributed by atoms with Crippen LogP contribution >= 0.6 is 0 Å². The van der Waals surface area contributed by atoms with Crippen LogP contribution in [0.15, 0.2) is 23.1 Å². The predicted molar refractivity (Wildman–Crippen MR) is 39.7 cm³/mol. The van der Waals surface area contributed by atoms with E-state index >= 15 is 0 Å². The lowest BCUT2D eigenvalue weighted by Gasteiger charge is -1.99. The molecule has 12 heavy (non-hydrogen) atoms. The Hall–Kier alpha value is -1.45. The highest BCUT2D eigenvalue weighted by Crippen LogP contribution is 2.25. The Balaban J connectivity index is 3.25. The van der Waals surface area contributed by atoms with Crippen LogP contribution in [0.2, 0.25) is 0 Å². The molecule has 0 heterocycles. The first-order valence-corrected chi connectivity index (χ1v) is 4.03. The molecular formula is C6H4N2O3S. The first-order valence-electron chi connectivity index (χ1n) is 2.92. The quantitative estimate of drug-likeness (QED) is 0.517. The van der Waals surface area contributed by atoms with Gasteiger partial charge in [0, 0.05) is 0 Å². The summed E-state index contributed by atoms with van der Waals surface area (Å²) in [6, 6.07) is 3.32. The summed E-state index contributed by atoms with van der Waals surface area (Å²) in [6.45, 7) is 0. The Morgan fingerprint density at radius 2 is 2.25 bits per heavy atom. The van der Waals surface area contributed by atoms with Crippen molar-refractivity contribution >= 4 is 16.8 Å². The maximum atomic E-state index is 10.8. The lowest BCUT2D eigenvalue weighted by atomic mass is 10.3. The minimum atomic E-state index is -2.16. The molecule has 1 aromatic carbocycles. The lowest BCUT2D eigenvalue weighted by Crippen LogP contribution is -1.92. The Labute approximate surface area is 70.6 Å². The maximum absolute atomic E-state index is 10.8. The van der Waals surface area contributed by atoms with Crippen LogP contribution in [0, 0.1) is 5.39 Å². The van der Waals surface area contributed by atoms with Gasteiger partial charge in [-0.25, -0.2) is 4.21 Å². The van der Waals surface area contributed by atoms with Crippen molar-refractivity contribution in [3.05, 3.63) is 23.2 Å². The summed E-state index contributed by atoms with van der Waals surface area (Å²) in [7, 11) is 0. The molecule has 5 nitrogen and oxygen atoms in total. The van der Waals surface area contributed by atoms with Crippen molar-refractivity contribution in [3.63, 3.8) is 0 Å². The molecule has 0 aliphatic heterocycles. The lowest BCUT2D eigenvalue weighted by molar-refractivity contribution is -0.266. The van der Waals surface area contributed by atoms with Gasteiger partial charge in [-0.15, -0.1) is 0 Å². The predicted octanol–water partition coefficient (Wildman–Crippen LogP) is 0.825. The number of diazo groups is 1. The zero-order chi connectivity index (χ0) is 9.14. The average molecular weight is 184 g/mol. The zero-order valence-corrected chi connectivity index (χ0v) is 6.61. The third kappa shape index (κ3) is 1.58. The number of benzene rings is 1. The molecule has 0 aliphatic carbocycles. The van der Waals surface area contributed by atoms with Gasteiger partial charge in [0.25, 0.3) is 0 Å². The molecule has 0 aromatic heterocycles. The van der Waals surface area contributed by atoms with Gasteiger partial charge in [0.1, 0.15) is 0 Å². The molecule has 1 unspecified atom stereocenters. The van der Waals surface area contributed by atoms with Crippen molar-refractivity contribution in [2.24, 2.45) is 0 Å². The van der Waals surface area contributed by atoms with Crippen molar-refractivity contribution in [1.82, 2.24) is 0 Å². The molecule has 0 saturated carbocycles. The first kappa shape index (κ1) is 8.64. The molecule has 0 amide bonds. The number of rotatable bonds is 1. The molecule has 0 saturated heterocycles. The summed E-state index contributed by atoms with van der Waals surface area (Å²) in [5, 5.41) is 19.1. The van der Waals surface area contributed by atoms with E-state index < -0.39 is 16.8 Å². The van der Waals surface area contributed by atoms with Crippen LogP contribution in [-0.2, 0) is 11.1 Å². The van der Waals surface area contributed by atoms with Gasteiger partial charge in [-0.2, -0.15) is 0 Å². The highest BCUT2D eigenvalue weighted by molar-refractivity contribution is 7.79. The SMILES string of the molecule is N#[N+]c1cc(S(=O)O)ccc1[O-]. The number of hydrogen-bond acceptors (Lipinski definition) is 3. The normalized spacial score (nSPS) is 12.0. The average Bonchev–Trinajstić information content (AvgIpc) is 2.05. The van der Waals surface area contributed by atoms with Crippen molar-refractivity contribution in [2.75, 3.05) is 0 Å². The summed E-state index contributed by atoms with van der Waals surface area (Å²) in [5.41, 5.74) is -0.241. The Kier molecular flexibility index (Phi) is 2.38. The van der Waals surface area contributed by atoms with E-state index in [-0.39, 0.29) is 10.6 Å². The van der Waals surface area contributed by atoms with Crippen molar-refractivity contribution in [2.45, 2.75) is 4.90 Å². The van der Waals surface area contributed by atoms with E-state index in [1.165, 1.54) is 6.07 Å². The van der Waals surface area contributed by atoms with Crippen LogP contribution in [0.5, 0.6) is 5.75 Å². The highest BCUT2D eigenvalue weighted by atomic mass is 32.2. The van der Waals surface area contributed by atoms with Gasteiger partial charge in [0.15, 0.2) is 16.1 Å². The molecule has 0 fully saturated rings. The maximum Gasteiger partial charge on any atom is 0.378 e. The molecular weight excluding hydrogens is 180 g/mol.